The van der Waals surface area contributed by atoms with Crippen LogP contribution in [0, 0.1) is 0 Å². The molecule has 0 aromatic heterocycles. The van der Waals surface area contributed by atoms with E-state index in [-0.39, 0.29) is 0 Å². The molecule has 0 atom stereocenters. The highest BCUT2D eigenvalue weighted by atomic mass is 15.1. The summed E-state index contributed by atoms with van der Waals surface area (Å²) in [6.45, 7) is 19.0. The third-order valence-electron chi connectivity index (χ3n) is 1.50. The molecule has 1 heteroatoms. The molecule has 0 bridgehead atoms. The fraction of sp³-hybridized carbons (Fsp3) is 1.00. The molecule has 0 aliphatic heterocycles. The third-order valence-corrected chi connectivity index (χ3v) is 1.50. The monoisotopic (exact) mass is 219 g/mol. The van der Waals surface area contributed by atoms with Crippen LogP contribution in [0.15, 0.2) is 0 Å². The Morgan fingerprint density at radius 1 is 0.667 bits per heavy atom. The topological polar surface area (TPSA) is 3.24 Å². The molecule has 0 aliphatic rings. The summed E-state index contributed by atoms with van der Waals surface area (Å²) < 4.78 is 0. The molecular formula is C14H37N. The lowest BCUT2D eigenvalue weighted by molar-refractivity contribution is 0.329. The Morgan fingerprint density at radius 2 is 1.07 bits per heavy atom. The molecule has 0 heterocycles. The van der Waals surface area contributed by atoms with Crippen molar-refractivity contribution < 1.29 is 0 Å². The van der Waals surface area contributed by atoms with E-state index in [4.69, 9.17) is 0 Å². The van der Waals surface area contributed by atoms with Crippen LogP contribution < -0.4 is 0 Å². The molecule has 15 heavy (non-hydrogen) atoms. The normalized spacial score (nSPS) is 7.60. The molecule has 0 aromatic rings. The van der Waals surface area contributed by atoms with Crippen molar-refractivity contribution in [1.29, 1.82) is 0 Å². The summed E-state index contributed by atoms with van der Waals surface area (Å²) in [5, 5.41) is 0. The smallest absolute Gasteiger partial charge is 0.00219 e. The molecule has 0 aliphatic carbocycles. The minimum Gasteiger partial charge on any atom is -0.306 e. The van der Waals surface area contributed by atoms with E-state index >= 15 is 0 Å². The van der Waals surface area contributed by atoms with Gasteiger partial charge in [0.05, 0.1) is 0 Å². The molecule has 0 rings (SSSR count). The van der Waals surface area contributed by atoms with Crippen LogP contribution in [0.25, 0.3) is 0 Å². The van der Waals surface area contributed by atoms with Gasteiger partial charge in [-0.1, -0.05) is 61.8 Å². The van der Waals surface area contributed by atoms with E-state index < -0.39 is 0 Å². The lowest BCUT2D eigenvalue weighted by Gasteiger charge is -2.13. The maximum atomic E-state index is 2.39. The summed E-state index contributed by atoms with van der Waals surface area (Å²) >= 11 is 0. The Labute approximate surface area is 100 Å². The third kappa shape index (κ3) is 41.2. The first kappa shape index (κ1) is 24.3. The molecule has 0 spiro atoms. The van der Waals surface area contributed by atoms with Gasteiger partial charge in [-0.3, -0.25) is 0 Å². The highest BCUT2D eigenvalue weighted by Gasteiger charge is 1.92. The molecule has 0 unspecified atom stereocenters. The number of unbranched alkanes of at least 4 members (excludes halogenated alkanes) is 1. The second-order valence-electron chi connectivity index (χ2n) is 2.66. The van der Waals surface area contributed by atoms with E-state index in [0.29, 0.717) is 0 Å². The van der Waals surface area contributed by atoms with Gasteiger partial charge < -0.3 is 4.90 Å². The average Bonchev–Trinajstić information content (AvgIpc) is 2.34. The first-order chi connectivity index (χ1) is 7.31. The van der Waals surface area contributed by atoms with E-state index in [9.17, 15) is 0 Å². The van der Waals surface area contributed by atoms with Crippen molar-refractivity contribution in [2.24, 2.45) is 0 Å². The molecule has 0 N–H and O–H groups in total. The number of nitrogens with zero attached hydrogens (tertiary/aromatic N) is 1. The van der Waals surface area contributed by atoms with Gasteiger partial charge >= 0.3 is 0 Å². The van der Waals surface area contributed by atoms with Crippen molar-refractivity contribution in [3.8, 4) is 0 Å². The lowest BCUT2D eigenvalue weighted by Crippen LogP contribution is -2.19. The van der Waals surface area contributed by atoms with E-state index in [1.165, 1.54) is 32.4 Å². The first-order valence-electron chi connectivity index (χ1n) is 6.99. The summed E-state index contributed by atoms with van der Waals surface area (Å²) in [5.41, 5.74) is 0. The molecule has 98 valence electrons. The SMILES string of the molecule is CC.CC.CC.CCCCN(C)CCC. The average molecular weight is 219 g/mol. The van der Waals surface area contributed by atoms with Crippen LogP contribution in [0.4, 0.5) is 0 Å². The fourth-order valence-electron chi connectivity index (χ4n) is 0.922. The van der Waals surface area contributed by atoms with Gasteiger partial charge in [-0.25, -0.2) is 0 Å². The molecule has 0 saturated heterocycles. The summed E-state index contributed by atoms with van der Waals surface area (Å²) in [6, 6.07) is 0. The first-order valence-corrected chi connectivity index (χ1v) is 6.99. The van der Waals surface area contributed by atoms with Crippen LogP contribution in [0.1, 0.15) is 74.7 Å². The Kier molecular flexibility index (Phi) is 59.9. The standard InChI is InChI=1S/C8H19N.3C2H6/c1-4-6-8-9(3)7-5-2;3*1-2/h4-8H2,1-3H3;3*1-2H3. The molecule has 0 radical (unpaired) electrons. The summed E-state index contributed by atoms with van der Waals surface area (Å²) in [7, 11) is 2.19. The van der Waals surface area contributed by atoms with E-state index in [0.717, 1.165) is 0 Å². The van der Waals surface area contributed by atoms with E-state index in [1.807, 2.05) is 41.5 Å². The maximum absolute atomic E-state index is 2.39. The van der Waals surface area contributed by atoms with Crippen LogP contribution in [-0.2, 0) is 0 Å². The largest absolute Gasteiger partial charge is 0.306 e. The fourth-order valence-corrected chi connectivity index (χ4v) is 0.922. The van der Waals surface area contributed by atoms with Crippen LogP contribution in [-0.4, -0.2) is 25.0 Å². The van der Waals surface area contributed by atoms with Crippen molar-refractivity contribution >= 4 is 0 Å². The molecule has 0 fully saturated rings. The van der Waals surface area contributed by atoms with Crippen molar-refractivity contribution in [3.63, 3.8) is 0 Å². The predicted octanol–water partition coefficient (Wildman–Crippen LogP) is 5.21. The minimum absolute atomic E-state index is 1.25. The maximum Gasteiger partial charge on any atom is -0.00219 e. The van der Waals surface area contributed by atoms with Gasteiger partial charge in [0.25, 0.3) is 0 Å². The molecule has 0 amide bonds. The Bertz CT molecular complexity index is 53.3. The molecular weight excluding hydrogens is 182 g/mol. The highest BCUT2D eigenvalue weighted by molar-refractivity contribution is 4.47. The zero-order chi connectivity index (χ0) is 13.1. The number of rotatable bonds is 5. The van der Waals surface area contributed by atoms with Gasteiger partial charge in [0.2, 0.25) is 0 Å². The summed E-state index contributed by atoms with van der Waals surface area (Å²) in [4.78, 5) is 2.39. The highest BCUT2D eigenvalue weighted by Crippen LogP contribution is 1.91. The minimum atomic E-state index is 1.25. The lowest BCUT2D eigenvalue weighted by atomic mass is 10.3. The number of hydrogen-bond donors (Lipinski definition) is 0. The zero-order valence-electron chi connectivity index (χ0n) is 13.0. The van der Waals surface area contributed by atoms with Gasteiger partial charge in [0.1, 0.15) is 0 Å². The zero-order valence-corrected chi connectivity index (χ0v) is 13.0. The van der Waals surface area contributed by atoms with Crippen molar-refractivity contribution in [2.45, 2.75) is 74.7 Å². The Hall–Kier alpha value is -0.0400. The molecule has 0 aromatic carbocycles. The van der Waals surface area contributed by atoms with E-state index in [2.05, 4.69) is 25.8 Å². The Balaban J connectivity index is -0.0000000860. The quantitative estimate of drug-likeness (QED) is 0.614. The van der Waals surface area contributed by atoms with Crippen molar-refractivity contribution in [1.82, 2.24) is 4.90 Å². The summed E-state index contributed by atoms with van der Waals surface area (Å²) in [5.74, 6) is 0. The van der Waals surface area contributed by atoms with Crippen molar-refractivity contribution in [2.75, 3.05) is 20.1 Å². The van der Waals surface area contributed by atoms with Crippen LogP contribution >= 0.6 is 0 Å². The van der Waals surface area contributed by atoms with Gasteiger partial charge in [0.15, 0.2) is 0 Å². The van der Waals surface area contributed by atoms with Crippen LogP contribution in [0.2, 0.25) is 0 Å². The van der Waals surface area contributed by atoms with Gasteiger partial charge in [-0.2, -0.15) is 0 Å². The van der Waals surface area contributed by atoms with Gasteiger partial charge in [-0.05, 0) is 33.0 Å². The Morgan fingerprint density at radius 3 is 1.33 bits per heavy atom. The summed E-state index contributed by atoms with van der Waals surface area (Å²) in [6.07, 6.45) is 3.94. The molecule has 1 nitrogen and oxygen atoms in total. The van der Waals surface area contributed by atoms with Crippen molar-refractivity contribution in [3.05, 3.63) is 0 Å². The van der Waals surface area contributed by atoms with Crippen LogP contribution in [0.5, 0.6) is 0 Å². The second kappa shape index (κ2) is 37.0. The number of hydrogen-bond acceptors (Lipinski definition) is 1. The van der Waals surface area contributed by atoms with Gasteiger partial charge in [-0.15, -0.1) is 0 Å². The second-order valence-corrected chi connectivity index (χ2v) is 2.66. The van der Waals surface area contributed by atoms with Gasteiger partial charge in [0, 0.05) is 0 Å². The molecule has 0 saturated carbocycles. The predicted molar refractivity (Wildman–Crippen MR) is 76.7 cm³/mol. The van der Waals surface area contributed by atoms with E-state index in [1.54, 1.807) is 0 Å². The van der Waals surface area contributed by atoms with Crippen LogP contribution in [0.3, 0.4) is 0 Å².